The van der Waals surface area contributed by atoms with Crippen LogP contribution < -0.4 is 5.32 Å². The summed E-state index contributed by atoms with van der Waals surface area (Å²) in [5.74, 6) is 0.844. The van der Waals surface area contributed by atoms with Crippen molar-refractivity contribution in [3.63, 3.8) is 0 Å². The number of aliphatic imine (C=N–C) groups is 1. The summed E-state index contributed by atoms with van der Waals surface area (Å²) < 4.78 is 0. The number of hydrogen-bond acceptors (Lipinski definition) is 2. The quantitative estimate of drug-likeness (QED) is 0.653. The second kappa shape index (κ2) is 6.78. The fraction of sp³-hybridized carbons (Fsp3) is 0.429. The normalized spacial score (nSPS) is 11.1. The number of benzene rings is 1. The Morgan fingerprint density at radius 3 is 2.11 bits per heavy atom. The van der Waals surface area contributed by atoms with Gasteiger partial charge in [-0.25, -0.2) is 0 Å². The molecule has 1 aromatic rings. The minimum atomic E-state index is 0.0172. The van der Waals surface area contributed by atoms with E-state index in [9.17, 15) is 4.79 Å². The van der Waals surface area contributed by atoms with Crippen LogP contribution in [0.1, 0.15) is 15.9 Å². The predicted octanol–water partition coefficient (Wildman–Crippen LogP) is 1.03. The summed E-state index contributed by atoms with van der Waals surface area (Å²) in [7, 11) is 9.13. The minimum Gasteiger partial charge on any atom is -0.352 e. The number of nitrogens with zero attached hydrogens (tertiary/aromatic N) is 3. The van der Waals surface area contributed by atoms with Gasteiger partial charge < -0.3 is 15.1 Å². The molecule has 0 heterocycles. The van der Waals surface area contributed by atoms with Crippen molar-refractivity contribution in [2.75, 3.05) is 35.2 Å². The van der Waals surface area contributed by atoms with Crippen molar-refractivity contribution >= 4 is 11.9 Å². The highest BCUT2D eigenvalue weighted by Gasteiger charge is 2.07. The lowest BCUT2D eigenvalue weighted by Crippen LogP contribution is -2.35. The maximum atomic E-state index is 11.7. The van der Waals surface area contributed by atoms with Gasteiger partial charge in [0.1, 0.15) is 0 Å². The molecule has 0 bridgehead atoms. The van der Waals surface area contributed by atoms with Crippen molar-refractivity contribution in [3.8, 4) is 0 Å². The number of guanidine groups is 1. The van der Waals surface area contributed by atoms with Crippen LogP contribution in [0.5, 0.6) is 0 Å². The Bertz CT molecular complexity index is 449. The Labute approximate surface area is 114 Å². The molecule has 0 aliphatic carbocycles. The van der Waals surface area contributed by atoms with Crippen LogP contribution >= 0.6 is 0 Å². The first-order chi connectivity index (χ1) is 8.95. The molecule has 0 radical (unpaired) electrons. The highest BCUT2D eigenvalue weighted by atomic mass is 16.2. The van der Waals surface area contributed by atoms with Crippen LogP contribution in [0.2, 0.25) is 0 Å². The van der Waals surface area contributed by atoms with E-state index >= 15 is 0 Å². The molecule has 0 unspecified atom stereocenters. The zero-order valence-corrected chi connectivity index (χ0v) is 12.3. The average molecular weight is 262 g/mol. The van der Waals surface area contributed by atoms with E-state index in [-0.39, 0.29) is 5.91 Å². The average Bonchev–Trinajstić information content (AvgIpc) is 2.38. The summed E-state index contributed by atoms with van der Waals surface area (Å²) in [5.41, 5.74) is 1.81. The van der Waals surface area contributed by atoms with E-state index in [1.807, 2.05) is 43.3 Å². The Morgan fingerprint density at radius 2 is 1.68 bits per heavy atom. The first-order valence-electron chi connectivity index (χ1n) is 6.14. The molecule has 5 nitrogen and oxygen atoms in total. The number of carbonyl (C=O) groups excluding carboxylic acids is 1. The number of amides is 1. The van der Waals surface area contributed by atoms with Crippen molar-refractivity contribution in [2.45, 2.75) is 6.54 Å². The first kappa shape index (κ1) is 15.0. The van der Waals surface area contributed by atoms with E-state index in [1.54, 1.807) is 26.0 Å². The maximum Gasteiger partial charge on any atom is 0.253 e. The first-order valence-corrected chi connectivity index (χ1v) is 6.14. The number of hydrogen-bond donors (Lipinski definition) is 1. The Morgan fingerprint density at radius 1 is 1.11 bits per heavy atom. The standard InChI is InChI=1S/C14H22N4O/c1-15-14(18(4)5)16-10-11-6-8-12(9-7-11)13(19)17(2)3/h6-9H,10H2,1-5H3,(H,15,16). The molecule has 0 aliphatic rings. The van der Waals surface area contributed by atoms with Gasteiger partial charge in [0.25, 0.3) is 5.91 Å². The second-order valence-electron chi connectivity index (χ2n) is 4.69. The molecule has 5 heteroatoms. The van der Waals surface area contributed by atoms with E-state index in [0.29, 0.717) is 12.1 Å². The van der Waals surface area contributed by atoms with Gasteiger partial charge in [-0.15, -0.1) is 0 Å². The van der Waals surface area contributed by atoms with E-state index in [1.165, 1.54) is 0 Å². The van der Waals surface area contributed by atoms with Gasteiger partial charge in [0, 0.05) is 47.3 Å². The molecule has 0 atom stereocenters. The summed E-state index contributed by atoms with van der Waals surface area (Å²) in [6, 6.07) is 7.59. The lowest BCUT2D eigenvalue weighted by molar-refractivity contribution is 0.0827. The zero-order chi connectivity index (χ0) is 14.4. The Hall–Kier alpha value is -2.04. The van der Waals surface area contributed by atoms with Crippen LogP contribution in [0.3, 0.4) is 0 Å². The monoisotopic (exact) mass is 262 g/mol. The topological polar surface area (TPSA) is 47.9 Å². The Kier molecular flexibility index (Phi) is 5.36. The minimum absolute atomic E-state index is 0.0172. The van der Waals surface area contributed by atoms with Gasteiger partial charge in [-0.05, 0) is 17.7 Å². The molecule has 0 saturated heterocycles. The molecule has 0 saturated carbocycles. The lowest BCUT2D eigenvalue weighted by Gasteiger charge is -2.17. The molecule has 0 fully saturated rings. The third-order valence-electron chi connectivity index (χ3n) is 2.69. The van der Waals surface area contributed by atoms with Crippen molar-refractivity contribution in [2.24, 2.45) is 4.99 Å². The molecule has 1 aromatic carbocycles. The van der Waals surface area contributed by atoms with Crippen LogP contribution in [0, 0.1) is 0 Å². The van der Waals surface area contributed by atoms with E-state index in [2.05, 4.69) is 10.3 Å². The smallest absolute Gasteiger partial charge is 0.253 e. The molecule has 1 amide bonds. The third kappa shape index (κ3) is 4.28. The molecule has 1 rings (SSSR count). The highest BCUT2D eigenvalue weighted by molar-refractivity contribution is 5.93. The van der Waals surface area contributed by atoms with Crippen molar-refractivity contribution < 1.29 is 4.79 Å². The summed E-state index contributed by atoms with van der Waals surface area (Å²) in [6.07, 6.45) is 0. The molecule has 19 heavy (non-hydrogen) atoms. The summed E-state index contributed by atoms with van der Waals surface area (Å²) in [6.45, 7) is 0.682. The summed E-state index contributed by atoms with van der Waals surface area (Å²) in [5, 5.41) is 3.24. The van der Waals surface area contributed by atoms with Gasteiger partial charge in [0.05, 0.1) is 0 Å². The van der Waals surface area contributed by atoms with Gasteiger partial charge in [0.2, 0.25) is 0 Å². The fourth-order valence-corrected chi connectivity index (χ4v) is 1.64. The van der Waals surface area contributed by atoms with Gasteiger partial charge in [-0.1, -0.05) is 12.1 Å². The molecule has 0 spiro atoms. The SMILES string of the molecule is CN=C(NCc1ccc(C(=O)N(C)C)cc1)N(C)C. The van der Waals surface area contributed by atoms with Crippen LogP contribution in [-0.4, -0.2) is 56.9 Å². The van der Waals surface area contributed by atoms with Crippen molar-refractivity contribution in [3.05, 3.63) is 35.4 Å². The zero-order valence-electron chi connectivity index (χ0n) is 12.3. The molecule has 0 aromatic heterocycles. The largest absolute Gasteiger partial charge is 0.352 e. The maximum absolute atomic E-state index is 11.7. The molecule has 1 N–H and O–H groups in total. The molecule has 104 valence electrons. The van der Waals surface area contributed by atoms with Gasteiger partial charge in [0.15, 0.2) is 5.96 Å². The van der Waals surface area contributed by atoms with Crippen molar-refractivity contribution in [1.82, 2.24) is 15.1 Å². The number of rotatable bonds is 3. The predicted molar refractivity (Wildman–Crippen MR) is 78.3 cm³/mol. The van der Waals surface area contributed by atoms with Crippen LogP contribution in [0.25, 0.3) is 0 Å². The summed E-state index contributed by atoms with van der Waals surface area (Å²) in [4.78, 5) is 19.4. The van der Waals surface area contributed by atoms with E-state index < -0.39 is 0 Å². The third-order valence-corrected chi connectivity index (χ3v) is 2.69. The summed E-state index contributed by atoms with van der Waals surface area (Å²) >= 11 is 0. The van der Waals surface area contributed by atoms with E-state index in [4.69, 9.17) is 0 Å². The number of carbonyl (C=O) groups is 1. The van der Waals surface area contributed by atoms with Crippen molar-refractivity contribution in [1.29, 1.82) is 0 Å². The van der Waals surface area contributed by atoms with Gasteiger partial charge in [-0.3, -0.25) is 9.79 Å². The van der Waals surface area contributed by atoms with Crippen LogP contribution in [0.15, 0.2) is 29.3 Å². The van der Waals surface area contributed by atoms with E-state index in [0.717, 1.165) is 11.5 Å². The lowest BCUT2D eigenvalue weighted by atomic mass is 10.1. The fourth-order valence-electron chi connectivity index (χ4n) is 1.64. The highest BCUT2D eigenvalue weighted by Crippen LogP contribution is 2.06. The van der Waals surface area contributed by atoms with Crippen LogP contribution in [0.4, 0.5) is 0 Å². The molecular formula is C14H22N4O. The molecule has 0 aliphatic heterocycles. The van der Waals surface area contributed by atoms with Crippen LogP contribution in [-0.2, 0) is 6.54 Å². The van der Waals surface area contributed by atoms with Gasteiger partial charge in [-0.2, -0.15) is 0 Å². The number of nitrogens with one attached hydrogen (secondary N) is 1. The molecular weight excluding hydrogens is 240 g/mol. The van der Waals surface area contributed by atoms with Gasteiger partial charge >= 0.3 is 0 Å². The Balaban J connectivity index is 2.65. The second-order valence-corrected chi connectivity index (χ2v) is 4.69.